The van der Waals surface area contributed by atoms with E-state index in [1.165, 1.54) is 11.1 Å². The lowest BCUT2D eigenvalue weighted by atomic mass is 10.1. The van der Waals surface area contributed by atoms with Gasteiger partial charge in [-0.25, -0.2) is 0 Å². The van der Waals surface area contributed by atoms with Crippen molar-refractivity contribution < 1.29 is 0 Å². The molecule has 0 amide bonds. The molecule has 0 unspecified atom stereocenters. The van der Waals surface area contributed by atoms with Gasteiger partial charge in [0.25, 0.3) is 0 Å². The Morgan fingerprint density at radius 1 is 0.850 bits per heavy atom. The van der Waals surface area contributed by atoms with Gasteiger partial charge in [0.1, 0.15) is 0 Å². The highest BCUT2D eigenvalue weighted by atomic mass is 14.0. The van der Waals surface area contributed by atoms with Crippen LogP contribution in [0.15, 0.2) is 77.9 Å². The van der Waals surface area contributed by atoms with E-state index in [0.29, 0.717) is 0 Å². The summed E-state index contributed by atoms with van der Waals surface area (Å²) in [6.45, 7) is 4.18. The first-order valence-corrected chi connectivity index (χ1v) is 6.73. The second kappa shape index (κ2) is 7.16. The molecule has 0 aliphatic heterocycles. The first kappa shape index (κ1) is 13.9. The van der Waals surface area contributed by atoms with E-state index in [2.05, 4.69) is 50.0 Å². The lowest BCUT2D eigenvalue weighted by Gasteiger charge is -1.96. The molecule has 0 heterocycles. The van der Waals surface area contributed by atoms with Crippen molar-refractivity contribution in [3.63, 3.8) is 0 Å². The van der Waals surface area contributed by atoms with Crippen LogP contribution in [0.2, 0.25) is 0 Å². The van der Waals surface area contributed by atoms with Crippen molar-refractivity contribution in [3.05, 3.63) is 89.0 Å². The number of hydrogen-bond acceptors (Lipinski definition) is 0. The molecular weight excluding hydrogens is 240 g/mol. The van der Waals surface area contributed by atoms with E-state index >= 15 is 0 Å². The number of rotatable bonds is 2. The summed E-state index contributed by atoms with van der Waals surface area (Å²) in [7, 11) is 0. The first-order valence-electron chi connectivity index (χ1n) is 6.73. The quantitative estimate of drug-likeness (QED) is 0.520. The van der Waals surface area contributed by atoms with Gasteiger partial charge in [-0.1, -0.05) is 72.0 Å². The largest absolute Gasteiger partial charge is 0.0622 e. The van der Waals surface area contributed by atoms with Crippen molar-refractivity contribution in [1.29, 1.82) is 0 Å². The third-order valence-corrected chi connectivity index (χ3v) is 2.90. The van der Waals surface area contributed by atoms with Crippen molar-refractivity contribution in [1.82, 2.24) is 0 Å². The molecule has 0 saturated heterocycles. The van der Waals surface area contributed by atoms with Crippen LogP contribution in [-0.4, -0.2) is 0 Å². The molecule has 0 fully saturated rings. The molecule has 0 radical (unpaired) electrons. The molecule has 0 nitrogen and oxygen atoms in total. The molecule has 20 heavy (non-hydrogen) atoms. The summed E-state index contributed by atoms with van der Waals surface area (Å²) < 4.78 is 0. The second-order valence-electron chi connectivity index (χ2n) is 4.77. The molecule has 0 atom stereocenters. The van der Waals surface area contributed by atoms with Crippen LogP contribution in [-0.2, 0) is 0 Å². The van der Waals surface area contributed by atoms with E-state index in [-0.39, 0.29) is 0 Å². The molecule has 0 bridgehead atoms. The van der Waals surface area contributed by atoms with E-state index < -0.39 is 0 Å². The lowest BCUT2D eigenvalue weighted by Crippen LogP contribution is -1.79. The molecular formula is C20H18. The predicted molar refractivity (Wildman–Crippen MR) is 87.2 cm³/mol. The summed E-state index contributed by atoms with van der Waals surface area (Å²) in [4.78, 5) is 0. The zero-order chi connectivity index (χ0) is 14.2. The van der Waals surface area contributed by atoms with Gasteiger partial charge in [-0.15, -0.1) is 0 Å². The molecule has 0 aliphatic carbocycles. The van der Waals surface area contributed by atoms with E-state index in [4.69, 9.17) is 0 Å². The molecule has 0 saturated carbocycles. The number of benzene rings is 2. The minimum Gasteiger partial charge on any atom is -0.0622 e. The van der Waals surface area contributed by atoms with Gasteiger partial charge in [-0.2, -0.15) is 0 Å². The number of allylic oxidation sites excluding steroid dienone is 3. The van der Waals surface area contributed by atoms with Crippen molar-refractivity contribution in [3.8, 4) is 11.8 Å². The van der Waals surface area contributed by atoms with Gasteiger partial charge >= 0.3 is 0 Å². The molecule has 2 aromatic rings. The molecule has 2 aromatic carbocycles. The summed E-state index contributed by atoms with van der Waals surface area (Å²) in [5.41, 5.74) is 4.52. The van der Waals surface area contributed by atoms with E-state index in [0.717, 1.165) is 11.1 Å². The monoisotopic (exact) mass is 258 g/mol. The third kappa shape index (κ3) is 4.30. The Labute approximate surface area is 121 Å². The molecule has 0 heteroatoms. The normalized spacial score (nSPS) is 9.90. The van der Waals surface area contributed by atoms with Crippen LogP contribution >= 0.6 is 0 Å². The van der Waals surface area contributed by atoms with Gasteiger partial charge in [-0.3, -0.25) is 0 Å². The van der Waals surface area contributed by atoms with Gasteiger partial charge in [-0.05, 0) is 37.6 Å². The zero-order valence-electron chi connectivity index (χ0n) is 11.9. The van der Waals surface area contributed by atoms with Crippen molar-refractivity contribution in [2.45, 2.75) is 13.8 Å². The van der Waals surface area contributed by atoms with Gasteiger partial charge in [0.15, 0.2) is 0 Å². The molecule has 98 valence electrons. The zero-order valence-corrected chi connectivity index (χ0v) is 11.9. The maximum atomic E-state index is 3.25. The Balaban J connectivity index is 2.20. The van der Waals surface area contributed by atoms with E-state index in [1.54, 1.807) is 0 Å². The van der Waals surface area contributed by atoms with Crippen LogP contribution in [0, 0.1) is 11.8 Å². The smallest absolute Gasteiger partial charge is 0.0249 e. The van der Waals surface area contributed by atoms with Crippen LogP contribution in [0.25, 0.3) is 6.08 Å². The highest BCUT2D eigenvalue weighted by Crippen LogP contribution is 2.09. The fourth-order valence-corrected chi connectivity index (χ4v) is 1.74. The third-order valence-electron chi connectivity index (χ3n) is 2.90. The predicted octanol–water partition coefficient (Wildman–Crippen LogP) is 5.09. The SMILES string of the molecule is CC(C)=C(C#Cc1ccccc1)/C=C/c1ccccc1. The van der Waals surface area contributed by atoms with E-state index in [9.17, 15) is 0 Å². The van der Waals surface area contributed by atoms with Crippen LogP contribution < -0.4 is 0 Å². The highest BCUT2D eigenvalue weighted by molar-refractivity contribution is 5.58. The summed E-state index contributed by atoms with van der Waals surface area (Å²) in [6.07, 6.45) is 4.18. The van der Waals surface area contributed by atoms with Gasteiger partial charge in [0, 0.05) is 11.1 Å². The Morgan fingerprint density at radius 3 is 2.05 bits per heavy atom. The van der Waals surface area contributed by atoms with Crippen LogP contribution in [0.4, 0.5) is 0 Å². The maximum absolute atomic E-state index is 3.25. The first-order chi connectivity index (χ1) is 9.75. The Bertz CT molecular complexity index is 658. The fraction of sp³-hybridized carbons (Fsp3) is 0.100. The van der Waals surface area contributed by atoms with Crippen molar-refractivity contribution >= 4 is 6.08 Å². The molecule has 2 rings (SSSR count). The summed E-state index contributed by atoms with van der Waals surface area (Å²) in [5, 5.41) is 0. The summed E-state index contributed by atoms with van der Waals surface area (Å²) in [5.74, 6) is 6.45. The summed E-state index contributed by atoms with van der Waals surface area (Å²) >= 11 is 0. The standard InChI is InChI=1S/C20H18/c1-17(2)20(15-13-18-9-5-3-6-10-18)16-14-19-11-7-4-8-12-19/h3-13,15H,1-2H3/b15-13+. The van der Waals surface area contributed by atoms with E-state index in [1.807, 2.05) is 48.5 Å². The maximum Gasteiger partial charge on any atom is 0.0249 e. The fourth-order valence-electron chi connectivity index (χ4n) is 1.74. The summed E-state index contributed by atoms with van der Waals surface area (Å²) in [6, 6.07) is 20.3. The van der Waals surface area contributed by atoms with Crippen molar-refractivity contribution in [2.75, 3.05) is 0 Å². The van der Waals surface area contributed by atoms with Crippen LogP contribution in [0.3, 0.4) is 0 Å². The van der Waals surface area contributed by atoms with Crippen LogP contribution in [0.1, 0.15) is 25.0 Å². The average Bonchev–Trinajstić information content (AvgIpc) is 2.49. The van der Waals surface area contributed by atoms with Crippen molar-refractivity contribution in [2.24, 2.45) is 0 Å². The Morgan fingerprint density at radius 2 is 1.45 bits per heavy atom. The minimum absolute atomic E-state index is 1.04. The molecule has 0 N–H and O–H groups in total. The average molecular weight is 258 g/mol. The molecule has 0 aliphatic rings. The van der Waals surface area contributed by atoms with Gasteiger partial charge < -0.3 is 0 Å². The Kier molecular flexibility index (Phi) is 4.98. The second-order valence-corrected chi connectivity index (χ2v) is 4.77. The van der Waals surface area contributed by atoms with Gasteiger partial charge in [0.05, 0.1) is 0 Å². The number of hydrogen-bond donors (Lipinski definition) is 0. The molecule has 0 spiro atoms. The van der Waals surface area contributed by atoms with Gasteiger partial charge in [0.2, 0.25) is 0 Å². The minimum atomic E-state index is 1.04. The Hall–Kier alpha value is -2.52. The highest BCUT2D eigenvalue weighted by Gasteiger charge is 1.91. The molecule has 0 aromatic heterocycles. The lowest BCUT2D eigenvalue weighted by molar-refractivity contribution is 1.36. The van der Waals surface area contributed by atoms with Crippen LogP contribution in [0.5, 0.6) is 0 Å². The topological polar surface area (TPSA) is 0 Å².